The van der Waals surface area contributed by atoms with Crippen LogP contribution in [-0.2, 0) is 12.8 Å². The Morgan fingerprint density at radius 1 is 0.591 bits per heavy atom. The standard InChI is InChI=1S/C40H48N4/c1-7-11-13-29-23(5)31-19-37-39-25-15-17-26(18-16-25)40(39)38(44-37)20-32-24(6)30(14-12-8-2)36(42-32)22-34-28(10-4)27(9-3)33(43-34)21-35(29)41-31/h15,17,19-22,25-26,41-42H,7-14,16,18H2,1-6H3. The van der Waals surface area contributed by atoms with Gasteiger partial charge in [-0.1, -0.05) is 52.7 Å². The van der Waals surface area contributed by atoms with Gasteiger partial charge in [-0.2, -0.15) is 0 Å². The van der Waals surface area contributed by atoms with Crippen LogP contribution in [0.2, 0.25) is 0 Å². The summed E-state index contributed by atoms with van der Waals surface area (Å²) < 4.78 is 0. The number of H-pyrrole nitrogens is 2. The van der Waals surface area contributed by atoms with Crippen molar-refractivity contribution < 1.29 is 0 Å². The number of aromatic nitrogens is 4. The van der Waals surface area contributed by atoms with E-state index in [1.54, 1.807) is 0 Å². The highest BCUT2D eigenvalue weighted by molar-refractivity contribution is 5.99. The van der Waals surface area contributed by atoms with Crippen LogP contribution in [0.1, 0.15) is 124 Å². The number of aryl methyl sites for hydroxylation is 4. The van der Waals surface area contributed by atoms with Gasteiger partial charge < -0.3 is 9.97 Å². The van der Waals surface area contributed by atoms with Gasteiger partial charge in [-0.15, -0.1) is 0 Å². The van der Waals surface area contributed by atoms with Gasteiger partial charge in [-0.05, 0) is 134 Å². The minimum Gasteiger partial charge on any atom is -0.355 e. The second-order valence-electron chi connectivity index (χ2n) is 13.3. The molecule has 0 amide bonds. The predicted octanol–water partition coefficient (Wildman–Crippen LogP) is 10.9. The molecule has 10 bridgehead atoms. The van der Waals surface area contributed by atoms with Crippen molar-refractivity contribution in [2.75, 3.05) is 0 Å². The molecule has 8 rings (SSSR count). The van der Waals surface area contributed by atoms with Gasteiger partial charge in [-0.3, -0.25) is 0 Å². The zero-order valence-electron chi connectivity index (χ0n) is 27.6. The fraction of sp³-hybridized carbons (Fsp3) is 0.450. The summed E-state index contributed by atoms with van der Waals surface area (Å²) in [6.07, 6.45) is 16.2. The van der Waals surface area contributed by atoms with Crippen LogP contribution < -0.4 is 0 Å². The summed E-state index contributed by atoms with van der Waals surface area (Å²) in [6.45, 7) is 13.7. The Bertz CT molecular complexity index is 1760. The molecule has 0 fully saturated rings. The third-order valence-electron chi connectivity index (χ3n) is 10.7. The lowest BCUT2D eigenvalue weighted by atomic mass is 9.71. The molecule has 3 aliphatic carbocycles. The third-order valence-corrected chi connectivity index (χ3v) is 10.7. The van der Waals surface area contributed by atoms with E-state index in [-0.39, 0.29) is 0 Å². The van der Waals surface area contributed by atoms with Crippen LogP contribution in [0.4, 0.5) is 0 Å². The molecular formula is C40H48N4. The zero-order chi connectivity index (χ0) is 30.5. The van der Waals surface area contributed by atoms with Crippen molar-refractivity contribution in [3.8, 4) is 0 Å². The van der Waals surface area contributed by atoms with Crippen LogP contribution in [-0.4, -0.2) is 19.9 Å². The molecule has 4 nitrogen and oxygen atoms in total. The normalized spacial score (nSPS) is 19.0. The van der Waals surface area contributed by atoms with E-state index in [0.29, 0.717) is 11.8 Å². The fourth-order valence-corrected chi connectivity index (χ4v) is 8.22. The Labute approximate surface area is 262 Å². The number of unbranched alkanes of at least 4 members (excludes halogenated alkanes) is 2. The SMILES string of the molecule is CCCCc1c(C)c2cc3nc(cc4[nH]c(cc5nc(cc1[nH]2)C(CC)=C5CC)c(CCCC)c4C)C1=C3C2C=CC1CC2. The van der Waals surface area contributed by atoms with Gasteiger partial charge in [0.05, 0.1) is 22.8 Å². The lowest BCUT2D eigenvalue weighted by Crippen LogP contribution is -2.18. The Kier molecular flexibility index (Phi) is 7.72. The summed E-state index contributed by atoms with van der Waals surface area (Å²) in [5.41, 5.74) is 20.6. The first-order valence-electron chi connectivity index (χ1n) is 17.3. The first-order valence-corrected chi connectivity index (χ1v) is 17.3. The van der Waals surface area contributed by atoms with Gasteiger partial charge in [0.15, 0.2) is 0 Å². The van der Waals surface area contributed by atoms with Crippen molar-refractivity contribution >= 4 is 44.4 Å². The molecule has 0 saturated heterocycles. The summed E-state index contributed by atoms with van der Waals surface area (Å²) in [4.78, 5) is 18.6. The van der Waals surface area contributed by atoms with Gasteiger partial charge in [-0.25, -0.2) is 9.97 Å². The molecule has 4 heteroatoms. The Balaban J connectivity index is 1.61. The van der Waals surface area contributed by atoms with Crippen molar-refractivity contribution in [3.05, 3.63) is 81.4 Å². The molecule has 228 valence electrons. The van der Waals surface area contributed by atoms with Crippen molar-refractivity contribution in [2.24, 2.45) is 11.8 Å². The largest absolute Gasteiger partial charge is 0.355 e. The fourth-order valence-electron chi connectivity index (χ4n) is 8.22. The number of hydrogen-bond acceptors (Lipinski definition) is 2. The molecule has 2 atom stereocenters. The van der Waals surface area contributed by atoms with Crippen molar-refractivity contribution in [3.63, 3.8) is 0 Å². The highest BCUT2D eigenvalue weighted by atomic mass is 14.8. The molecule has 0 spiro atoms. The van der Waals surface area contributed by atoms with Gasteiger partial charge in [0.25, 0.3) is 0 Å². The Morgan fingerprint density at radius 2 is 1.00 bits per heavy atom. The van der Waals surface area contributed by atoms with Gasteiger partial charge >= 0.3 is 0 Å². The third kappa shape index (κ3) is 4.73. The molecule has 2 aliphatic heterocycles. The highest BCUT2D eigenvalue weighted by Gasteiger charge is 2.37. The smallest absolute Gasteiger partial charge is 0.0699 e. The first-order chi connectivity index (χ1) is 21.4. The minimum absolute atomic E-state index is 0.457. The van der Waals surface area contributed by atoms with Gasteiger partial charge in [0, 0.05) is 33.9 Å². The zero-order valence-corrected chi connectivity index (χ0v) is 27.6. The van der Waals surface area contributed by atoms with E-state index >= 15 is 0 Å². The molecule has 3 aromatic heterocycles. The summed E-state index contributed by atoms with van der Waals surface area (Å²) in [7, 11) is 0. The second kappa shape index (κ2) is 11.7. The molecule has 5 aliphatic rings. The maximum absolute atomic E-state index is 5.44. The second-order valence-corrected chi connectivity index (χ2v) is 13.3. The Morgan fingerprint density at radius 3 is 1.39 bits per heavy atom. The predicted molar refractivity (Wildman–Crippen MR) is 187 cm³/mol. The lowest BCUT2D eigenvalue weighted by Gasteiger charge is -2.32. The van der Waals surface area contributed by atoms with Gasteiger partial charge in [0.2, 0.25) is 0 Å². The first kappa shape index (κ1) is 29.1. The van der Waals surface area contributed by atoms with Crippen LogP contribution in [0.5, 0.6) is 0 Å². The molecule has 2 N–H and O–H groups in total. The summed E-state index contributed by atoms with van der Waals surface area (Å²) >= 11 is 0. The molecule has 0 saturated carbocycles. The van der Waals surface area contributed by atoms with Crippen LogP contribution in [0.15, 0.2) is 36.4 Å². The summed E-state index contributed by atoms with van der Waals surface area (Å²) in [5.74, 6) is 0.914. The van der Waals surface area contributed by atoms with Gasteiger partial charge in [0.1, 0.15) is 0 Å². The molecule has 3 aromatic rings. The van der Waals surface area contributed by atoms with Crippen LogP contribution in [0.25, 0.3) is 44.4 Å². The number of allylic oxidation sites excluding steroid dienone is 6. The monoisotopic (exact) mass is 584 g/mol. The van der Waals surface area contributed by atoms with Crippen molar-refractivity contribution in [1.82, 2.24) is 19.9 Å². The average molecular weight is 585 g/mol. The number of aromatic amines is 2. The maximum atomic E-state index is 5.44. The van der Waals surface area contributed by atoms with E-state index in [9.17, 15) is 0 Å². The van der Waals surface area contributed by atoms with Crippen LogP contribution in [0.3, 0.4) is 0 Å². The molecule has 5 heterocycles. The van der Waals surface area contributed by atoms with E-state index in [2.05, 4.69) is 87.9 Å². The summed E-state index contributed by atoms with van der Waals surface area (Å²) in [5, 5.41) is 0. The van der Waals surface area contributed by atoms with Crippen molar-refractivity contribution in [2.45, 2.75) is 106 Å². The summed E-state index contributed by atoms with van der Waals surface area (Å²) in [6, 6.07) is 9.40. The van der Waals surface area contributed by atoms with E-state index in [1.807, 2.05) is 0 Å². The molecule has 0 radical (unpaired) electrons. The number of fused-ring (bicyclic) bond motifs is 9. The number of hydrogen-bond donors (Lipinski definition) is 2. The Hall–Kier alpha value is -3.66. The van der Waals surface area contributed by atoms with Crippen molar-refractivity contribution in [1.29, 1.82) is 0 Å². The molecule has 44 heavy (non-hydrogen) atoms. The highest BCUT2D eigenvalue weighted by Crippen LogP contribution is 2.51. The van der Waals surface area contributed by atoms with E-state index < -0.39 is 0 Å². The van der Waals surface area contributed by atoms with E-state index in [4.69, 9.17) is 9.97 Å². The quantitative estimate of drug-likeness (QED) is 0.259. The minimum atomic E-state index is 0.457. The molecule has 0 aromatic carbocycles. The average Bonchev–Trinajstić information content (AvgIpc) is 3.74. The van der Waals surface area contributed by atoms with E-state index in [0.717, 1.165) is 48.5 Å². The van der Waals surface area contributed by atoms with E-state index in [1.165, 1.54) is 105 Å². The maximum Gasteiger partial charge on any atom is 0.0699 e. The number of nitrogens with one attached hydrogen (secondary N) is 2. The van der Waals surface area contributed by atoms with Crippen LogP contribution >= 0.6 is 0 Å². The van der Waals surface area contributed by atoms with Crippen LogP contribution in [0, 0.1) is 25.7 Å². The molecular weight excluding hydrogens is 536 g/mol. The number of rotatable bonds is 8. The lowest BCUT2D eigenvalue weighted by molar-refractivity contribution is 0.558. The molecule has 2 unspecified atom stereocenters. The number of nitrogens with zero attached hydrogens (tertiary/aromatic N) is 2. The topological polar surface area (TPSA) is 57.4 Å².